The molecule has 10 nitrogen and oxygen atoms in total. The number of benzene rings is 2. The number of ether oxygens (including phenoxy) is 4. The third kappa shape index (κ3) is 3.82. The van der Waals surface area contributed by atoms with Crippen LogP contribution in [0.5, 0.6) is 29.0 Å². The number of rotatable bonds is 5. The van der Waals surface area contributed by atoms with E-state index in [2.05, 4.69) is 15.3 Å². The van der Waals surface area contributed by atoms with Crippen molar-refractivity contribution >= 4 is 29.1 Å². The average molecular weight is 562 g/mol. The van der Waals surface area contributed by atoms with E-state index in [-0.39, 0.29) is 52.6 Å². The monoisotopic (exact) mass is 561 g/mol. The van der Waals surface area contributed by atoms with Gasteiger partial charge in [0.15, 0.2) is 5.75 Å². The zero-order valence-electron chi connectivity index (χ0n) is 21.8. The van der Waals surface area contributed by atoms with Crippen LogP contribution in [0.15, 0.2) is 60.1 Å². The topological polar surface area (TPSA) is 126 Å². The standard InChI is InChI=1S/C29H24ClN3O7/c1-14-10-18-22(26(35)29(14)27(36)23-19(37-2)13-20(38-3)24(30)25(23)40-29)17(12-21(34)33-18)15-6-4-7-16(11-15)39-28-31-8-5-9-32-28/h4-9,11,13-14,17H,10,12H2,1-3H3,(H,33,34)/t14-,17-,29+/m1/s1. The Hall–Kier alpha value is -4.44. The van der Waals surface area contributed by atoms with Crippen LogP contribution in [0.25, 0.3) is 0 Å². The Balaban J connectivity index is 1.43. The van der Waals surface area contributed by atoms with Crippen LogP contribution >= 0.6 is 11.6 Å². The number of allylic oxidation sites excluding steroid dienone is 1. The summed E-state index contributed by atoms with van der Waals surface area (Å²) in [4.78, 5) is 49.5. The van der Waals surface area contributed by atoms with Crippen molar-refractivity contribution in [3.8, 4) is 29.0 Å². The predicted octanol–water partition coefficient (Wildman–Crippen LogP) is 4.42. The summed E-state index contributed by atoms with van der Waals surface area (Å²) in [6.45, 7) is 1.74. The summed E-state index contributed by atoms with van der Waals surface area (Å²) in [5.41, 5.74) is -0.336. The fourth-order valence-corrected chi connectivity index (χ4v) is 5.98. The molecule has 204 valence electrons. The Kier molecular flexibility index (Phi) is 6.22. The fourth-order valence-electron chi connectivity index (χ4n) is 5.71. The number of carbonyl (C=O) groups is 3. The second kappa shape index (κ2) is 9.63. The van der Waals surface area contributed by atoms with Gasteiger partial charge in [0.05, 0.1) is 14.2 Å². The van der Waals surface area contributed by atoms with E-state index in [1.807, 2.05) is 0 Å². The van der Waals surface area contributed by atoms with E-state index in [1.165, 1.54) is 20.3 Å². The van der Waals surface area contributed by atoms with Gasteiger partial charge in [0, 0.05) is 48.0 Å². The molecule has 3 atom stereocenters. The Bertz CT molecular complexity index is 1610. The van der Waals surface area contributed by atoms with Crippen molar-refractivity contribution < 1.29 is 33.3 Å². The summed E-state index contributed by atoms with van der Waals surface area (Å²) >= 11 is 6.55. The molecule has 0 radical (unpaired) electrons. The minimum Gasteiger partial charge on any atom is -0.496 e. The van der Waals surface area contributed by atoms with E-state index >= 15 is 0 Å². The zero-order valence-corrected chi connectivity index (χ0v) is 22.6. The van der Waals surface area contributed by atoms with Crippen molar-refractivity contribution in [3.63, 3.8) is 0 Å². The lowest BCUT2D eigenvalue weighted by molar-refractivity contribution is -0.131. The Morgan fingerprint density at radius 2 is 1.75 bits per heavy atom. The molecule has 40 heavy (non-hydrogen) atoms. The summed E-state index contributed by atoms with van der Waals surface area (Å²) in [5.74, 6) is -1.63. The molecule has 2 aliphatic heterocycles. The van der Waals surface area contributed by atoms with Crippen molar-refractivity contribution in [2.75, 3.05) is 14.2 Å². The first kappa shape index (κ1) is 25.8. The summed E-state index contributed by atoms with van der Waals surface area (Å²) in [6, 6.07) is 10.4. The number of fused-ring (bicyclic) bond motifs is 1. The molecule has 3 aromatic rings. The van der Waals surface area contributed by atoms with Crippen LogP contribution in [0.1, 0.15) is 41.6 Å². The number of ketones is 2. The highest BCUT2D eigenvalue weighted by Gasteiger charge is 2.63. The van der Waals surface area contributed by atoms with Crippen LogP contribution in [-0.2, 0) is 9.59 Å². The highest BCUT2D eigenvalue weighted by atomic mass is 35.5. The summed E-state index contributed by atoms with van der Waals surface area (Å²) in [7, 11) is 2.85. The van der Waals surface area contributed by atoms with Crippen molar-refractivity contribution in [1.29, 1.82) is 0 Å². The number of carbonyl (C=O) groups excluding carboxylic acids is 3. The van der Waals surface area contributed by atoms with Gasteiger partial charge in [0.25, 0.3) is 0 Å². The molecule has 1 aromatic heterocycles. The van der Waals surface area contributed by atoms with Gasteiger partial charge < -0.3 is 24.3 Å². The highest BCUT2D eigenvalue weighted by Crippen LogP contribution is 2.55. The second-order valence-corrected chi connectivity index (χ2v) is 10.2. The number of hydrogen-bond donors (Lipinski definition) is 1. The smallest absolute Gasteiger partial charge is 0.321 e. The SMILES string of the molecule is COc1cc(OC)c2c(c1Cl)O[C@@]1(C(=O)C3=C(C[C@H]1C)NC(=O)C[C@@H]3c1cccc(Oc3ncccn3)c1)C2=O. The third-order valence-electron chi connectivity index (χ3n) is 7.57. The average Bonchev–Trinajstić information content (AvgIpc) is 3.27. The van der Waals surface area contributed by atoms with E-state index in [0.29, 0.717) is 22.6 Å². The van der Waals surface area contributed by atoms with Gasteiger partial charge in [-0.1, -0.05) is 30.7 Å². The van der Waals surface area contributed by atoms with E-state index in [9.17, 15) is 14.4 Å². The lowest BCUT2D eigenvalue weighted by atomic mass is 9.66. The quantitative estimate of drug-likeness (QED) is 0.450. The van der Waals surface area contributed by atoms with Crippen LogP contribution < -0.4 is 24.3 Å². The first-order valence-electron chi connectivity index (χ1n) is 12.6. The summed E-state index contributed by atoms with van der Waals surface area (Å²) in [5, 5.41) is 2.93. The van der Waals surface area contributed by atoms with E-state index < -0.39 is 29.0 Å². The molecule has 0 saturated heterocycles. The fraction of sp³-hybridized carbons (Fsp3) is 0.276. The minimum atomic E-state index is -1.88. The number of amides is 1. The molecule has 3 aliphatic rings. The van der Waals surface area contributed by atoms with Gasteiger partial charge in [0.2, 0.25) is 23.1 Å². The van der Waals surface area contributed by atoms with Crippen LogP contribution in [0.2, 0.25) is 5.02 Å². The van der Waals surface area contributed by atoms with Gasteiger partial charge >= 0.3 is 6.01 Å². The molecular weight excluding hydrogens is 538 g/mol. The highest BCUT2D eigenvalue weighted by molar-refractivity contribution is 6.36. The van der Waals surface area contributed by atoms with Gasteiger partial charge in [-0.15, -0.1) is 0 Å². The van der Waals surface area contributed by atoms with E-state index in [4.69, 9.17) is 30.5 Å². The number of hydrogen-bond acceptors (Lipinski definition) is 9. The van der Waals surface area contributed by atoms with Gasteiger partial charge in [0.1, 0.15) is 27.8 Å². The van der Waals surface area contributed by atoms with E-state index in [0.717, 1.165) is 0 Å². The van der Waals surface area contributed by atoms with Crippen molar-refractivity contribution in [1.82, 2.24) is 15.3 Å². The predicted molar refractivity (Wildman–Crippen MR) is 142 cm³/mol. The van der Waals surface area contributed by atoms with Crippen molar-refractivity contribution in [2.24, 2.45) is 5.92 Å². The number of nitrogens with one attached hydrogen (secondary N) is 1. The van der Waals surface area contributed by atoms with Gasteiger partial charge in [-0.3, -0.25) is 14.4 Å². The largest absolute Gasteiger partial charge is 0.496 e. The van der Waals surface area contributed by atoms with Gasteiger partial charge in [-0.2, -0.15) is 0 Å². The number of Topliss-reactive ketones (excluding diaryl/α,β-unsaturated/α-hetero) is 2. The van der Waals surface area contributed by atoms with Crippen molar-refractivity contribution in [2.45, 2.75) is 31.3 Å². The Labute approximate surface area is 234 Å². The normalized spacial score (nSPS) is 23.4. The Morgan fingerprint density at radius 3 is 2.48 bits per heavy atom. The molecule has 3 heterocycles. The van der Waals surface area contributed by atoms with E-state index in [1.54, 1.807) is 49.6 Å². The molecule has 6 rings (SSSR count). The number of nitrogens with zero attached hydrogens (tertiary/aromatic N) is 2. The number of methoxy groups -OCH3 is 2. The molecule has 1 aliphatic carbocycles. The molecule has 1 spiro atoms. The number of aromatic nitrogens is 2. The molecule has 11 heteroatoms. The maximum atomic E-state index is 14.5. The first-order chi connectivity index (χ1) is 19.3. The lowest BCUT2D eigenvalue weighted by Gasteiger charge is -2.41. The molecule has 1 amide bonds. The second-order valence-electron chi connectivity index (χ2n) is 9.80. The summed E-state index contributed by atoms with van der Waals surface area (Å²) < 4.78 is 22.9. The lowest BCUT2D eigenvalue weighted by Crippen LogP contribution is -2.59. The van der Waals surface area contributed by atoms with Crippen LogP contribution in [0.3, 0.4) is 0 Å². The molecule has 0 saturated carbocycles. The van der Waals surface area contributed by atoms with Gasteiger partial charge in [-0.25, -0.2) is 9.97 Å². The summed E-state index contributed by atoms with van der Waals surface area (Å²) in [6.07, 6.45) is 3.35. The van der Waals surface area contributed by atoms with Crippen LogP contribution in [-0.4, -0.2) is 47.3 Å². The minimum absolute atomic E-state index is 0.000631. The molecular formula is C29H24ClN3O7. The molecule has 0 fully saturated rings. The first-order valence-corrected chi connectivity index (χ1v) is 13.0. The molecule has 0 bridgehead atoms. The molecule has 2 aromatic carbocycles. The maximum absolute atomic E-state index is 14.5. The molecule has 1 N–H and O–H groups in total. The maximum Gasteiger partial charge on any atom is 0.321 e. The zero-order chi connectivity index (χ0) is 28.2. The van der Waals surface area contributed by atoms with Crippen molar-refractivity contribution in [3.05, 3.63) is 76.2 Å². The number of halogens is 1. The third-order valence-corrected chi connectivity index (χ3v) is 7.93. The van der Waals surface area contributed by atoms with Crippen LogP contribution in [0, 0.1) is 5.92 Å². The van der Waals surface area contributed by atoms with Gasteiger partial charge in [-0.05, 0) is 30.2 Å². The Morgan fingerprint density at radius 1 is 1.00 bits per heavy atom. The molecule has 0 unspecified atom stereocenters. The van der Waals surface area contributed by atoms with Crippen LogP contribution in [0.4, 0.5) is 0 Å².